The Bertz CT molecular complexity index is 595. The highest BCUT2D eigenvalue weighted by molar-refractivity contribution is 6.28. The third-order valence-corrected chi connectivity index (χ3v) is 2.69. The minimum Gasteiger partial charge on any atom is -0.494 e. The molecule has 0 fully saturated rings. The molecule has 1 aromatic carbocycles. The van der Waals surface area contributed by atoms with E-state index >= 15 is 0 Å². The van der Waals surface area contributed by atoms with Gasteiger partial charge in [-0.2, -0.15) is 15.0 Å². The molecule has 0 spiro atoms. The lowest BCUT2D eigenvalue weighted by atomic mass is 10.2. The molecule has 0 radical (unpaired) electrons. The van der Waals surface area contributed by atoms with E-state index in [1.54, 1.807) is 0 Å². The van der Waals surface area contributed by atoms with Gasteiger partial charge < -0.3 is 14.8 Å². The standard InChI is InChI=1S/C14H17ClN4O2/c1-3-20-11-7-5-6-10(8-11)9-16-13-17-12(15)18-14(19-13)21-4-2/h5-8H,3-4,9H2,1-2H3,(H,16,17,18,19). The maximum Gasteiger partial charge on any atom is 0.322 e. The van der Waals surface area contributed by atoms with E-state index in [9.17, 15) is 0 Å². The van der Waals surface area contributed by atoms with Crippen LogP contribution in [0.5, 0.6) is 11.8 Å². The van der Waals surface area contributed by atoms with Gasteiger partial charge in [0.25, 0.3) is 0 Å². The van der Waals surface area contributed by atoms with Crippen molar-refractivity contribution in [2.75, 3.05) is 18.5 Å². The molecule has 0 saturated heterocycles. The van der Waals surface area contributed by atoms with Gasteiger partial charge in [-0.15, -0.1) is 0 Å². The summed E-state index contributed by atoms with van der Waals surface area (Å²) in [6, 6.07) is 8.02. The largest absolute Gasteiger partial charge is 0.494 e. The van der Waals surface area contributed by atoms with Gasteiger partial charge in [0.05, 0.1) is 13.2 Å². The number of nitrogens with zero attached hydrogens (tertiary/aromatic N) is 3. The maximum absolute atomic E-state index is 5.83. The van der Waals surface area contributed by atoms with E-state index < -0.39 is 0 Å². The number of hydrogen-bond donors (Lipinski definition) is 1. The highest BCUT2D eigenvalue weighted by atomic mass is 35.5. The Morgan fingerprint density at radius 3 is 2.67 bits per heavy atom. The summed E-state index contributed by atoms with van der Waals surface area (Å²) in [6.07, 6.45) is 0. The SMILES string of the molecule is CCOc1cccc(CNc2nc(Cl)nc(OCC)n2)c1. The van der Waals surface area contributed by atoms with Crippen molar-refractivity contribution in [3.05, 3.63) is 35.1 Å². The molecule has 0 aliphatic heterocycles. The lowest BCUT2D eigenvalue weighted by molar-refractivity contribution is 0.312. The minimum absolute atomic E-state index is 0.0963. The van der Waals surface area contributed by atoms with Crippen molar-refractivity contribution in [3.8, 4) is 11.8 Å². The molecule has 1 heterocycles. The molecule has 7 heteroatoms. The van der Waals surface area contributed by atoms with Crippen LogP contribution in [0.1, 0.15) is 19.4 Å². The van der Waals surface area contributed by atoms with E-state index in [-0.39, 0.29) is 11.3 Å². The normalized spacial score (nSPS) is 10.2. The Morgan fingerprint density at radius 1 is 1.10 bits per heavy atom. The average Bonchev–Trinajstić information content (AvgIpc) is 2.46. The first-order chi connectivity index (χ1) is 10.2. The molecule has 0 saturated carbocycles. The molecule has 0 aliphatic carbocycles. The van der Waals surface area contributed by atoms with Gasteiger partial charge >= 0.3 is 6.01 Å². The Balaban J connectivity index is 2.03. The smallest absolute Gasteiger partial charge is 0.322 e. The zero-order chi connectivity index (χ0) is 15.1. The van der Waals surface area contributed by atoms with E-state index in [2.05, 4.69) is 20.3 Å². The molecule has 0 aliphatic rings. The van der Waals surface area contributed by atoms with Gasteiger partial charge in [-0.3, -0.25) is 0 Å². The number of nitrogens with one attached hydrogen (secondary N) is 1. The number of anilines is 1. The maximum atomic E-state index is 5.83. The van der Waals surface area contributed by atoms with Crippen LogP contribution in [0.3, 0.4) is 0 Å². The topological polar surface area (TPSA) is 69.2 Å². The molecule has 0 bridgehead atoms. The summed E-state index contributed by atoms with van der Waals surface area (Å²) in [5.41, 5.74) is 1.05. The highest BCUT2D eigenvalue weighted by Gasteiger charge is 2.05. The van der Waals surface area contributed by atoms with E-state index in [4.69, 9.17) is 21.1 Å². The van der Waals surface area contributed by atoms with Crippen molar-refractivity contribution in [2.45, 2.75) is 20.4 Å². The summed E-state index contributed by atoms with van der Waals surface area (Å²) < 4.78 is 10.7. The fraction of sp³-hybridized carbons (Fsp3) is 0.357. The molecule has 21 heavy (non-hydrogen) atoms. The predicted molar refractivity (Wildman–Crippen MR) is 80.9 cm³/mol. The van der Waals surface area contributed by atoms with E-state index in [0.29, 0.717) is 25.7 Å². The van der Waals surface area contributed by atoms with E-state index in [1.807, 2.05) is 38.1 Å². The van der Waals surface area contributed by atoms with Crippen LogP contribution in [0, 0.1) is 0 Å². The van der Waals surface area contributed by atoms with Crippen LogP contribution in [0.4, 0.5) is 5.95 Å². The zero-order valence-electron chi connectivity index (χ0n) is 12.0. The monoisotopic (exact) mass is 308 g/mol. The molecular formula is C14H17ClN4O2. The van der Waals surface area contributed by atoms with Gasteiger partial charge in [0.2, 0.25) is 11.2 Å². The zero-order valence-corrected chi connectivity index (χ0v) is 12.7. The molecule has 112 valence electrons. The van der Waals surface area contributed by atoms with Crippen LogP contribution >= 0.6 is 11.6 Å². The van der Waals surface area contributed by atoms with E-state index in [0.717, 1.165) is 11.3 Å². The number of halogens is 1. The molecule has 0 unspecified atom stereocenters. The van der Waals surface area contributed by atoms with Crippen molar-refractivity contribution in [2.24, 2.45) is 0 Å². The summed E-state index contributed by atoms with van der Waals surface area (Å²) in [7, 11) is 0. The fourth-order valence-electron chi connectivity index (χ4n) is 1.70. The minimum atomic E-state index is 0.0963. The second-order valence-electron chi connectivity index (χ2n) is 4.08. The van der Waals surface area contributed by atoms with Gasteiger partial charge in [-0.1, -0.05) is 12.1 Å². The highest BCUT2D eigenvalue weighted by Crippen LogP contribution is 2.15. The summed E-state index contributed by atoms with van der Waals surface area (Å²) in [4.78, 5) is 12.0. The molecule has 2 rings (SSSR count). The van der Waals surface area contributed by atoms with Crippen LogP contribution in [0.2, 0.25) is 5.28 Å². The van der Waals surface area contributed by atoms with Crippen molar-refractivity contribution in [1.29, 1.82) is 0 Å². The second kappa shape index (κ2) is 7.64. The van der Waals surface area contributed by atoms with Crippen molar-refractivity contribution in [1.82, 2.24) is 15.0 Å². The Morgan fingerprint density at radius 2 is 1.90 bits per heavy atom. The first-order valence-corrected chi connectivity index (χ1v) is 7.09. The number of ether oxygens (including phenoxy) is 2. The summed E-state index contributed by atoms with van der Waals surface area (Å²) in [5.74, 6) is 1.21. The quantitative estimate of drug-likeness (QED) is 0.848. The average molecular weight is 309 g/mol. The van der Waals surface area contributed by atoms with Crippen LogP contribution in [-0.4, -0.2) is 28.2 Å². The van der Waals surface area contributed by atoms with E-state index in [1.165, 1.54) is 0 Å². The number of rotatable bonds is 7. The second-order valence-corrected chi connectivity index (χ2v) is 4.42. The summed E-state index contributed by atoms with van der Waals surface area (Å²) in [5, 5.41) is 3.18. The fourth-order valence-corrected chi connectivity index (χ4v) is 1.85. The van der Waals surface area contributed by atoms with Crippen molar-refractivity contribution < 1.29 is 9.47 Å². The molecule has 0 amide bonds. The Labute approximate surface area is 128 Å². The lowest BCUT2D eigenvalue weighted by Gasteiger charge is -2.08. The van der Waals surface area contributed by atoms with Crippen molar-refractivity contribution >= 4 is 17.5 Å². The number of benzene rings is 1. The van der Waals surface area contributed by atoms with Gasteiger partial charge in [0.15, 0.2) is 0 Å². The van der Waals surface area contributed by atoms with Gasteiger partial charge in [0, 0.05) is 6.54 Å². The molecule has 2 aromatic rings. The number of aromatic nitrogens is 3. The van der Waals surface area contributed by atoms with Gasteiger partial charge in [-0.05, 0) is 43.1 Å². The van der Waals surface area contributed by atoms with Crippen LogP contribution in [-0.2, 0) is 6.54 Å². The van der Waals surface area contributed by atoms with Crippen molar-refractivity contribution in [3.63, 3.8) is 0 Å². The lowest BCUT2D eigenvalue weighted by Crippen LogP contribution is -2.07. The Kier molecular flexibility index (Phi) is 5.57. The summed E-state index contributed by atoms with van der Waals surface area (Å²) in [6.45, 7) is 5.46. The first-order valence-electron chi connectivity index (χ1n) is 6.71. The molecular weight excluding hydrogens is 292 g/mol. The Hall–Kier alpha value is -2.08. The predicted octanol–water partition coefficient (Wildman–Crippen LogP) is 2.93. The van der Waals surface area contributed by atoms with Gasteiger partial charge in [-0.25, -0.2) is 0 Å². The van der Waals surface area contributed by atoms with Crippen LogP contribution < -0.4 is 14.8 Å². The molecule has 0 atom stereocenters. The summed E-state index contributed by atoms with van der Waals surface area (Å²) >= 11 is 5.83. The molecule has 1 N–H and O–H groups in total. The third-order valence-electron chi connectivity index (χ3n) is 2.52. The third kappa shape index (κ3) is 4.75. The number of hydrogen-bond acceptors (Lipinski definition) is 6. The van der Waals surface area contributed by atoms with Gasteiger partial charge in [0.1, 0.15) is 5.75 Å². The molecule has 1 aromatic heterocycles. The van der Waals surface area contributed by atoms with Crippen LogP contribution in [0.25, 0.3) is 0 Å². The van der Waals surface area contributed by atoms with Crippen LogP contribution in [0.15, 0.2) is 24.3 Å². The first kappa shape index (κ1) is 15.3. The molecule has 6 nitrogen and oxygen atoms in total.